The van der Waals surface area contributed by atoms with E-state index in [0.717, 1.165) is 4.88 Å². The predicted octanol–water partition coefficient (Wildman–Crippen LogP) is 3.25. The fourth-order valence-corrected chi connectivity index (χ4v) is 2.55. The first-order valence-corrected chi connectivity index (χ1v) is 8.34. The first-order valence-electron chi connectivity index (χ1n) is 7.46. The maximum atomic E-state index is 12.2. The Morgan fingerprint density at radius 2 is 2.12 bits per heavy atom. The van der Waals surface area contributed by atoms with Gasteiger partial charge >= 0.3 is 5.97 Å². The molecular weight excluding hydrogens is 360 g/mol. The van der Waals surface area contributed by atoms with Crippen LogP contribution >= 0.6 is 11.3 Å². The molecule has 9 heteroatoms. The van der Waals surface area contributed by atoms with Crippen LogP contribution in [0, 0.1) is 10.1 Å². The summed E-state index contributed by atoms with van der Waals surface area (Å²) in [5, 5.41) is 15.2. The summed E-state index contributed by atoms with van der Waals surface area (Å²) in [6.45, 7) is 1.42. The van der Waals surface area contributed by atoms with Crippen LogP contribution in [-0.4, -0.2) is 30.0 Å². The standard InChI is InChI=1S/C17H16N2O6S/c1-11(25-16(20)8-6-13-4-3-9-26-13)17(21)18-14-7-5-12(19(22)23)10-15(14)24-2/h3-11H,1-2H3,(H,18,21)/b8-6+/t11-/m0/s1. The lowest BCUT2D eigenvalue weighted by Gasteiger charge is -2.14. The second-order valence-corrected chi connectivity index (χ2v) is 6.04. The normalized spacial score (nSPS) is 11.8. The first kappa shape index (κ1) is 19.1. The van der Waals surface area contributed by atoms with Gasteiger partial charge in [0, 0.05) is 17.0 Å². The Bertz CT molecular complexity index is 832. The zero-order chi connectivity index (χ0) is 19.1. The fourth-order valence-electron chi connectivity index (χ4n) is 1.93. The molecule has 0 fully saturated rings. The van der Waals surface area contributed by atoms with Crippen molar-refractivity contribution in [2.75, 3.05) is 12.4 Å². The van der Waals surface area contributed by atoms with E-state index in [-0.39, 0.29) is 17.1 Å². The number of anilines is 1. The maximum absolute atomic E-state index is 12.2. The van der Waals surface area contributed by atoms with Crippen LogP contribution in [0.5, 0.6) is 5.75 Å². The fraction of sp³-hybridized carbons (Fsp3) is 0.176. The van der Waals surface area contributed by atoms with Gasteiger partial charge in [0.05, 0.1) is 23.8 Å². The number of hydrogen-bond acceptors (Lipinski definition) is 7. The third-order valence-corrected chi connectivity index (χ3v) is 4.08. The van der Waals surface area contributed by atoms with Gasteiger partial charge in [0.1, 0.15) is 5.75 Å². The van der Waals surface area contributed by atoms with Crippen LogP contribution in [0.4, 0.5) is 11.4 Å². The van der Waals surface area contributed by atoms with Crippen LogP contribution in [0.1, 0.15) is 11.8 Å². The molecule has 1 heterocycles. The molecule has 0 unspecified atom stereocenters. The number of ether oxygens (including phenoxy) is 2. The van der Waals surface area contributed by atoms with Gasteiger partial charge in [-0.2, -0.15) is 0 Å². The van der Waals surface area contributed by atoms with Crippen molar-refractivity contribution in [1.29, 1.82) is 0 Å². The molecule has 1 aromatic carbocycles. The molecule has 1 amide bonds. The molecule has 1 atom stereocenters. The van der Waals surface area contributed by atoms with Gasteiger partial charge in [-0.15, -0.1) is 11.3 Å². The van der Waals surface area contributed by atoms with E-state index in [1.54, 1.807) is 6.08 Å². The summed E-state index contributed by atoms with van der Waals surface area (Å²) in [4.78, 5) is 35.0. The van der Waals surface area contributed by atoms with Crippen molar-refractivity contribution in [3.8, 4) is 5.75 Å². The number of non-ortho nitro benzene ring substituents is 1. The van der Waals surface area contributed by atoms with Crippen LogP contribution in [0.2, 0.25) is 0 Å². The number of esters is 1. The quantitative estimate of drug-likeness (QED) is 0.344. The summed E-state index contributed by atoms with van der Waals surface area (Å²) in [6.07, 6.45) is 1.77. The number of nitrogens with one attached hydrogen (secondary N) is 1. The van der Waals surface area contributed by atoms with E-state index in [1.807, 2.05) is 17.5 Å². The summed E-state index contributed by atoms with van der Waals surface area (Å²) >= 11 is 1.46. The molecule has 0 spiro atoms. The average molecular weight is 376 g/mol. The molecular formula is C17H16N2O6S. The minimum Gasteiger partial charge on any atom is -0.494 e. The summed E-state index contributed by atoms with van der Waals surface area (Å²) < 4.78 is 10.1. The average Bonchev–Trinajstić information content (AvgIpc) is 3.13. The molecule has 0 bridgehead atoms. The van der Waals surface area contributed by atoms with Crippen molar-refractivity contribution in [3.05, 3.63) is 56.8 Å². The van der Waals surface area contributed by atoms with Gasteiger partial charge in [0.25, 0.3) is 11.6 Å². The SMILES string of the molecule is COc1cc([N+](=O)[O-])ccc1NC(=O)[C@H](C)OC(=O)/C=C/c1cccs1. The van der Waals surface area contributed by atoms with Crippen LogP contribution in [0.3, 0.4) is 0 Å². The zero-order valence-corrected chi connectivity index (χ0v) is 14.8. The minimum absolute atomic E-state index is 0.128. The number of nitrogens with zero attached hydrogens (tertiary/aromatic N) is 1. The van der Waals surface area contributed by atoms with Gasteiger partial charge in [-0.05, 0) is 30.5 Å². The highest BCUT2D eigenvalue weighted by atomic mass is 32.1. The summed E-state index contributed by atoms with van der Waals surface area (Å²) in [5.74, 6) is -1.12. The molecule has 1 N–H and O–H groups in total. The van der Waals surface area contributed by atoms with Gasteiger partial charge in [0.15, 0.2) is 6.10 Å². The van der Waals surface area contributed by atoms with Crippen LogP contribution < -0.4 is 10.1 Å². The maximum Gasteiger partial charge on any atom is 0.331 e. The van der Waals surface area contributed by atoms with Crippen LogP contribution in [-0.2, 0) is 14.3 Å². The van der Waals surface area contributed by atoms with Gasteiger partial charge in [-0.25, -0.2) is 4.79 Å². The number of carbonyl (C=O) groups excluding carboxylic acids is 2. The molecule has 0 saturated carbocycles. The zero-order valence-electron chi connectivity index (χ0n) is 14.0. The Hall–Kier alpha value is -3.20. The minimum atomic E-state index is -1.06. The summed E-state index contributed by atoms with van der Waals surface area (Å²) in [7, 11) is 1.33. The number of nitro groups is 1. The highest BCUT2D eigenvalue weighted by molar-refractivity contribution is 7.10. The first-order chi connectivity index (χ1) is 12.4. The Labute approximate surface area is 153 Å². The molecule has 8 nitrogen and oxygen atoms in total. The van der Waals surface area contributed by atoms with Crippen molar-refractivity contribution in [2.24, 2.45) is 0 Å². The number of methoxy groups -OCH3 is 1. The third-order valence-electron chi connectivity index (χ3n) is 3.24. The molecule has 0 saturated heterocycles. The number of nitro benzene ring substituents is 1. The monoisotopic (exact) mass is 376 g/mol. The Morgan fingerprint density at radius 3 is 2.73 bits per heavy atom. The number of thiophene rings is 1. The second-order valence-electron chi connectivity index (χ2n) is 5.06. The van der Waals surface area contributed by atoms with E-state index < -0.39 is 22.9 Å². The molecule has 0 aliphatic carbocycles. The van der Waals surface area contributed by atoms with E-state index in [4.69, 9.17) is 9.47 Å². The Morgan fingerprint density at radius 1 is 1.35 bits per heavy atom. The smallest absolute Gasteiger partial charge is 0.331 e. The van der Waals surface area contributed by atoms with Crippen molar-refractivity contribution >= 4 is 40.7 Å². The molecule has 0 aliphatic heterocycles. The summed E-state index contributed by atoms with van der Waals surface area (Å²) in [6, 6.07) is 7.46. The van der Waals surface area contributed by atoms with Crippen molar-refractivity contribution in [2.45, 2.75) is 13.0 Å². The van der Waals surface area contributed by atoms with E-state index in [0.29, 0.717) is 0 Å². The van der Waals surface area contributed by atoms with Crippen molar-refractivity contribution < 1.29 is 24.0 Å². The van der Waals surface area contributed by atoms with E-state index in [9.17, 15) is 19.7 Å². The Balaban J connectivity index is 1.98. The number of amides is 1. The van der Waals surface area contributed by atoms with Crippen LogP contribution in [0.25, 0.3) is 6.08 Å². The molecule has 1 aromatic heterocycles. The predicted molar refractivity (Wildman–Crippen MR) is 97.2 cm³/mol. The molecule has 2 aromatic rings. The largest absolute Gasteiger partial charge is 0.494 e. The molecule has 136 valence electrons. The number of rotatable bonds is 7. The number of hydrogen-bond donors (Lipinski definition) is 1. The summed E-state index contributed by atoms with van der Waals surface area (Å²) in [5.41, 5.74) is 0.0677. The van der Waals surface area contributed by atoms with E-state index in [1.165, 1.54) is 49.6 Å². The Kier molecular flexibility index (Phi) is 6.45. The lowest BCUT2D eigenvalue weighted by molar-refractivity contribution is -0.384. The second kappa shape index (κ2) is 8.77. The third kappa shape index (κ3) is 5.15. The number of carbonyl (C=O) groups is 2. The number of benzene rings is 1. The van der Waals surface area contributed by atoms with Crippen LogP contribution in [0.15, 0.2) is 41.8 Å². The highest BCUT2D eigenvalue weighted by Gasteiger charge is 2.19. The molecule has 2 rings (SSSR count). The molecule has 0 radical (unpaired) electrons. The van der Waals surface area contributed by atoms with E-state index >= 15 is 0 Å². The van der Waals surface area contributed by atoms with Crippen molar-refractivity contribution in [1.82, 2.24) is 0 Å². The highest BCUT2D eigenvalue weighted by Crippen LogP contribution is 2.29. The van der Waals surface area contributed by atoms with Gasteiger partial charge in [-0.1, -0.05) is 6.07 Å². The lowest BCUT2D eigenvalue weighted by Crippen LogP contribution is -2.29. The topological polar surface area (TPSA) is 108 Å². The van der Waals surface area contributed by atoms with Crippen molar-refractivity contribution in [3.63, 3.8) is 0 Å². The van der Waals surface area contributed by atoms with Gasteiger partial charge < -0.3 is 14.8 Å². The van der Waals surface area contributed by atoms with Gasteiger partial charge in [0.2, 0.25) is 0 Å². The van der Waals surface area contributed by atoms with Gasteiger partial charge in [-0.3, -0.25) is 14.9 Å². The molecule has 26 heavy (non-hydrogen) atoms. The van der Waals surface area contributed by atoms with E-state index in [2.05, 4.69) is 5.32 Å². The lowest BCUT2D eigenvalue weighted by atomic mass is 10.2. The molecule has 0 aliphatic rings.